The fraction of sp³-hybridized carbons (Fsp3) is 0.375. The molecule has 2 aromatic rings. The van der Waals surface area contributed by atoms with Gasteiger partial charge in [0.25, 0.3) is 6.01 Å². The van der Waals surface area contributed by atoms with Gasteiger partial charge in [0, 0.05) is 6.54 Å². The number of oxazole rings is 1. The minimum Gasteiger partial charge on any atom is -0.493 e. The number of carboxylic acids is 1. The lowest BCUT2D eigenvalue weighted by atomic mass is 10.1. The molecule has 2 N–H and O–H groups in total. The van der Waals surface area contributed by atoms with Crippen LogP contribution in [0, 0.1) is 0 Å². The Kier molecular flexibility index (Phi) is 5.64. The molecule has 130 valence electrons. The molecule has 1 atom stereocenters. The van der Waals surface area contributed by atoms with Crippen LogP contribution in [0.3, 0.4) is 0 Å². The number of hydrogen-bond acceptors (Lipinski definition) is 7. The van der Waals surface area contributed by atoms with Crippen LogP contribution in [0.15, 0.2) is 28.9 Å². The molecule has 0 fully saturated rings. The van der Waals surface area contributed by atoms with Gasteiger partial charge in [0.15, 0.2) is 17.2 Å². The highest BCUT2D eigenvalue weighted by Crippen LogP contribution is 2.31. The molecule has 8 heteroatoms. The van der Waals surface area contributed by atoms with Gasteiger partial charge in [0.2, 0.25) is 0 Å². The number of likely N-dealkylation sites (N-methyl/N-ethyl adjacent to an activating group) is 1. The summed E-state index contributed by atoms with van der Waals surface area (Å²) in [5.41, 5.74) is 0.875. The molecule has 0 amide bonds. The second-order valence-electron chi connectivity index (χ2n) is 5.32. The Morgan fingerprint density at radius 1 is 1.33 bits per heavy atom. The number of methoxy groups -OCH3 is 2. The smallest absolute Gasteiger partial charge is 0.357 e. The Balaban J connectivity index is 2.15. The maximum absolute atomic E-state index is 10.8. The fourth-order valence-electron chi connectivity index (χ4n) is 2.30. The van der Waals surface area contributed by atoms with E-state index in [1.165, 1.54) is 0 Å². The van der Waals surface area contributed by atoms with E-state index >= 15 is 0 Å². The van der Waals surface area contributed by atoms with Crippen molar-refractivity contribution < 1.29 is 23.8 Å². The van der Waals surface area contributed by atoms with E-state index in [9.17, 15) is 4.79 Å². The molecule has 24 heavy (non-hydrogen) atoms. The van der Waals surface area contributed by atoms with Crippen LogP contribution in [0.5, 0.6) is 11.5 Å². The molecule has 1 unspecified atom stereocenters. The van der Waals surface area contributed by atoms with Crippen LogP contribution in [0.2, 0.25) is 0 Å². The van der Waals surface area contributed by atoms with Crippen molar-refractivity contribution in [3.8, 4) is 11.5 Å². The van der Waals surface area contributed by atoms with Crippen LogP contribution in [-0.4, -0.2) is 55.8 Å². The summed E-state index contributed by atoms with van der Waals surface area (Å²) < 4.78 is 15.7. The third-order valence-electron chi connectivity index (χ3n) is 3.59. The third kappa shape index (κ3) is 3.96. The van der Waals surface area contributed by atoms with Gasteiger partial charge >= 0.3 is 5.97 Å². The van der Waals surface area contributed by atoms with Crippen molar-refractivity contribution in [1.82, 2.24) is 9.88 Å². The Bertz CT molecular complexity index is 699. The highest BCUT2D eigenvalue weighted by molar-refractivity contribution is 5.85. The second kappa shape index (κ2) is 7.69. The first-order chi connectivity index (χ1) is 11.5. The van der Waals surface area contributed by atoms with Gasteiger partial charge in [0.1, 0.15) is 6.26 Å². The number of benzene rings is 1. The summed E-state index contributed by atoms with van der Waals surface area (Å²) in [5.74, 6) is 0.174. The van der Waals surface area contributed by atoms with Gasteiger partial charge in [-0.2, -0.15) is 4.98 Å². The van der Waals surface area contributed by atoms with Gasteiger partial charge in [-0.1, -0.05) is 6.07 Å². The normalized spacial score (nSPS) is 12.0. The van der Waals surface area contributed by atoms with E-state index in [1.807, 2.05) is 37.2 Å². The van der Waals surface area contributed by atoms with Gasteiger partial charge in [-0.3, -0.25) is 0 Å². The van der Waals surface area contributed by atoms with Crippen molar-refractivity contribution in [3.63, 3.8) is 0 Å². The first kappa shape index (κ1) is 17.6. The number of aromatic carboxylic acids is 1. The maximum Gasteiger partial charge on any atom is 0.357 e. The number of ether oxygens (including phenoxy) is 2. The van der Waals surface area contributed by atoms with Gasteiger partial charge in [-0.05, 0) is 31.8 Å². The highest BCUT2D eigenvalue weighted by Gasteiger charge is 2.18. The summed E-state index contributed by atoms with van der Waals surface area (Å²) in [7, 11) is 7.07. The SMILES string of the molecule is COc1ccc(C(CNc2nc(C(=O)O)co2)N(C)C)cc1OC. The van der Waals surface area contributed by atoms with Crippen LogP contribution in [-0.2, 0) is 0 Å². The molecule has 0 saturated heterocycles. The van der Waals surface area contributed by atoms with Crippen LogP contribution in [0.4, 0.5) is 6.01 Å². The minimum atomic E-state index is -1.13. The number of rotatable bonds is 8. The molecule has 0 aliphatic carbocycles. The van der Waals surface area contributed by atoms with E-state index < -0.39 is 5.97 Å². The molecular formula is C16H21N3O5. The van der Waals surface area contributed by atoms with E-state index in [4.69, 9.17) is 19.0 Å². The van der Waals surface area contributed by atoms with Crippen LogP contribution >= 0.6 is 0 Å². The number of carbonyl (C=O) groups is 1. The molecule has 8 nitrogen and oxygen atoms in total. The zero-order valence-electron chi connectivity index (χ0n) is 14.1. The van der Waals surface area contributed by atoms with Gasteiger partial charge in [-0.15, -0.1) is 0 Å². The molecule has 0 saturated carbocycles. The number of hydrogen-bond donors (Lipinski definition) is 2. The van der Waals surface area contributed by atoms with Gasteiger partial charge in [0.05, 0.1) is 20.3 Å². The zero-order chi connectivity index (χ0) is 17.7. The highest BCUT2D eigenvalue weighted by atomic mass is 16.5. The fourth-order valence-corrected chi connectivity index (χ4v) is 2.30. The van der Waals surface area contributed by atoms with Gasteiger partial charge in [-0.25, -0.2) is 4.79 Å². The lowest BCUT2D eigenvalue weighted by Gasteiger charge is -2.25. The molecule has 1 aromatic carbocycles. The van der Waals surface area contributed by atoms with E-state index in [0.717, 1.165) is 11.8 Å². The topological polar surface area (TPSA) is 97.1 Å². The molecule has 0 bridgehead atoms. The van der Waals surface area contributed by atoms with E-state index in [2.05, 4.69) is 10.3 Å². The predicted octanol–water partition coefficient (Wildman–Crippen LogP) is 2.10. The van der Waals surface area contributed by atoms with Crippen molar-refractivity contribution in [2.75, 3.05) is 40.2 Å². The molecule has 1 heterocycles. The standard InChI is InChI=1S/C16H21N3O5/c1-19(2)12(8-17-16-18-11(9-24-16)15(20)21)10-5-6-13(22-3)14(7-10)23-4/h5-7,9,12H,8H2,1-4H3,(H,17,18)(H,20,21). The average Bonchev–Trinajstić information content (AvgIpc) is 3.03. The first-order valence-electron chi connectivity index (χ1n) is 7.27. The first-order valence-corrected chi connectivity index (χ1v) is 7.27. The van der Waals surface area contributed by atoms with Crippen LogP contribution < -0.4 is 14.8 Å². The number of nitrogens with zero attached hydrogens (tertiary/aromatic N) is 2. The summed E-state index contributed by atoms with van der Waals surface area (Å²) in [6, 6.07) is 5.86. The third-order valence-corrected chi connectivity index (χ3v) is 3.59. The molecule has 2 rings (SSSR count). The maximum atomic E-state index is 10.8. The van der Waals surface area contributed by atoms with Crippen molar-refractivity contribution in [3.05, 3.63) is 35.7 Å². The van der Waals surface area contributed by atoms with E-state index in [-0.39, 0.29) is 17.8 Å². The van der Waals surface area contributed by atoms with Crippen LogP contribution in [0.1, 0.15) is 22.1 Å². The van der Waals surface area contributed by atoms with Crippen LogP contribution in [0.25, 0.3) is 0 Å². The quantitative estimate of drug-likeness (QED) is 0.757. The Morgan fingerprint density at radius 3 is 2.58 bits per heavy atom. The van der Waals surface area contributed by atoms with Crippen molar-refractivity contribution >= 4 is 12.0 Å². The lowest BCUT2D eigenvalue weighted by Crippen LogP contribution is -2.27. The molecule has 0 spiro atoms. The summed E-state index contributed by atoms with van der Waals surface area (Å²) in [6.07, 6.45) is 1.10. The molecule has 0 aliphatic rings. The number of nitrogens with one attached hydrogen (secondary N) is 1. The van der Waals surface area contributed by atoms with Crippen molar-refractivity contribution in [2.24, 2.45) is 0 Å². The molecule has 0 aliphatic heterocycles. The lowest BCUT2D eigenvalue weighted by molar-refractivity contribution is 0.0690. The average molecular weight is 335 g/mol. The Morgan fingerprint density at radius 2 is 2.04 bits per heavy atom. The van der Waals surface area contributed by atoms with E-state index in [0.29, 0.717) is 18.0 Å². The predicted molar refractivity (Wildman–Crippen MR) is 87.9 cm³/mol. The summed E-state index contributed by atoms with van der Waals surface area (Å²) in [4.78, 5) is 16.7. The largest absolute Gasteiger partial charge is 0.493 e. The molecule has 1 aromatic heterocycles. The van der Waals surface area contributed by atoms with Crippen molar-refractivity contribution in [1.29, 1.82) is 0 Å². The minimum absolute atomic E-state index is 0.00927. The zero-order valence-corrected chi connectivity index (χ0v) is 14.1. The summed E-state index contributed by atoms with van der Waals surface area (Å²) in [5, 5.41) is 11.9. The van der Waals surface area contributed by atoms with Crippen molar-refractivity contribution in [2.45, 2.75) is 6.04 Å². The number of carboxylic acid groups (broad SMARTS) is 1. The number of anilines is 1. The number of aromatic nitrogens is 1. The Hall–Kier alpha value is -2.74. The van der Waals surface area contributed by atoms with Gasteiger partial charge < -0.3 is 29.2 Å². The molecular weight excluding hydrogens is 314 g/mol. The Labute approximate surface area is 140 Å². The second-order valence-corrected chi connectivity index (χ2v) is 5.32. The summed E-state index contributed by atoms with van der Waals surface area (Å²) in [6.45, 7) is 0.474. The molecule has 0 radical (unpaired) electrons. The monoisotopic (exact) mass is 335 g/mol. The summed E-state index contributed by atoms with van der Waals surface area (Å²) >= 11 is 0. The van der Waals surface area contributed by atoms with E-state index in [1.54, 1.807) is 14.2 Å².